The number of hydrogen-bond acceptors (Lipinski definition) is 6. The number of nitriles is 1. The van der Waals surface area contributed by atoms with Gasteiger partial charge >= 0.3 is 0 Å². The van der Waals surface area contributed by atoms with Crippen LogP contribution in [0.25, 0.3) is 17.1 Å². The second-order valence-electron chi connectivity index (χ2n) is 10.2. The maximum atomic E-state index is 14.0. The molecule has 1 N–H and O–H groups in total. The Balaban J connectivity index is 1.53. The molecule has 192 valence electrons. The van der Waals surface area contributed by atoms with Gasteiger partial charge in [-0.15, -0.1) is 0 Å². The summed E-state index contributed by atoms with van der Waals surface area (Å²) < 4.78 is 15.6. The zero-order valence-corrected chi connectivity index (χ0v) is 22.1. The van der Waals surface area contributed by atoms with Gasteiger partial charge in [0.1, 0.15) is 16.4 Å². The van der Waals surface area contributed by atoms with E-state index in [4.69, 9.17) is 11.6 Å². The van der Waals surface area contributed by atoms with Crippen LogP contribution in [0.1, 0.15) is 65.9 Å². The number of halogens is 2. The second kappa shape index (κ2) is 9.43. The SMILES string of the molecule is Cc1cnc(-c2ccnc(C(C)(C)O)n2)cc1-n1c(C)cc([C@@H]2CC2c2cc(F)cc(C#N)c2)c(Cl)c1=O. The molecule has 2 atom stereocenters. The van der Waals surface area contributed by atoms with Crippen LogP contribution in [0.15, 0.2) is 53.6 Å². The molecule has 0 spiro atoms. The molecule has 1 saturated carbocycles. The van der Waals surface area contributed by atoms with E-state index in [1.807, 2.05) is 26.0 Å². The highest BCUT2D eigenvalue weighted by Gasteiger charge is 2.42. The number of aliphatic hydroxyl groups is 1. The molecule has 1 aromatic carbocycles. The molecular formula is C29H25ClFN5O2. The molecule has 0 bridgehead atoms. The van der Waals surface area contributed by atoms with Crippen molar-refractivity contribution in [3.63, 3.8) is 0 Å². The topological polar surface area (TPSA) is 105 Å². The normalized spacial score (nSPS) is 16.8. The molecule has 5 rings (SSSR count). The Labute approximate surface area is 224 Å². The van der Waals surface area contributed by atoms with Gasteiger partial charge in [0, 0.05) is 18.1 Å². The average Bonchev–Trinajstić information content (AvgIpc) is 3.67. The van der Waals surface area contributed by atoms with Crippen molar-refractivity contribution in [1.82, 2.24) is 19.5 Å². The molecule has 1 fully saturated rings. The predicted octanol–water partition coefficient (Wildman–Crippen LogP) is 5.47. The Morgan fingerprint density at radius 2 is 1.89 bits per heavy atom. The predicted molar refractivity (Wildman–Crippen MR) is 142 cm³/mol. The zero-order chi connectivity index (χ0) is 27.4. The number of rotatable bonds is 5. The van der Waals surface area contributed by atoms with Crippen molar-refractivity contribution in [1.29, 1.82) is 5.26 Å². The maximum Gasteiger partial charge on any atom is 0.274 e. The van der Waals surface area contributed by atoms with Gasteiger partial charge in [0.2, 0.25) is 0 Å². The standard InChI is InChI=1S/C29H25ClFN5O2/c1-15-14-34-24(23-5-6-33-28(35-23)29(3,4)38)12-25(15)36-16(2)7-22(26(30)27(36)37)21-11-20(21)18-8-17(13-32)9-19(31)10-18/h5-10,12,14,20-21,38H,11H2,1-4H3/t20?,21-/m1/s1. The molecular weight excluding hydrogens is 505 g/mol. The van der Waals surface area contributed by atoms with Crippen molar-refractivity contribution in [2.45, 2.75) is 51.6 Å². The van der Waals surface area contributed by atoms with Crippen LogP contribution in [-0.2, 0) is 5.60 Å². The van der Waals surface area contributed by atoms with Crippen LogP contribution in [0.3, 0.4) is 0 Å². The molecule has 4 aromatic rings. The Morgan fingerprint density at radius 1 is 1.13 bits per heavy atom. The van der Waals surface area contributed by atoms with Crippen LogP contribution in [0, 0.1) is 31.0 Å². The highest BCUT2D eigenvalue weighted by molar-refractivity contribution is 6.31. The first-order valence-corrected chi connectivity index (χ1v) is 12.5. The van der Waals surface area contributed by atoms with Gasteiger partial charge in [0.05, 0.1) is 28.7 Å². The lowest BCUT2D eigenvalue weighted by atomic mass is 10.0. The number of aryl methyl sites for hydroxylation is 2. The van der Waals surface area contributed by atoms with Gasteiger partial charge in [-0.2, -0.15) is 5.26 Å². The third-order valence-electron chi connectivity index (χ3n) is 6.81. The van der Waals surface area contributed by atoms with Gasteiger partial charge in [-0.3, -0.25) is 14.3 Å². The first-order chi connectivity index (χ1) is 18.0. The molecule has 0 aliphatic heterocycles. The summed E-state index contributed by atoms with van der Waals surface area (Å²) in [5.41, 5.74) is 3.25. The molecule has 38 heavy (non-hydrogen) atoms. The highest BCUT2D eigenvalue weighted by atomic mass is 35.5. The molecule has 3 heterocycles. The minimum absolute atomic E-state index is 0.0121. The fraction of sp³-hybridized carbons (Fsp3) is 0.276. The van der Waals surface area contributed by atoms with E-state index in [1.54, 1.807) is 49.0 Å². The van der Waals surface area contributed by atoms with E-state index in [0.717, 1.165) is 16.7 Å². The third kappa shape index (κ3) is 4.71. The Bertz CT molecular complexity index is 1690. The van der Waals surface area contributed by atoms with E-state index in [2.05, 4.69) is 15.0 Å². The first-order valence-electron chi connectivity index (χ1n) is 12.1. The molecule has 0 saturated heterocycles. The van der Waals surface area contributed by atoms with Crippen molar-refractivity contribution in [3.8, 4) is 23.1 Å². The van der Waals surface area contributed by atoms with Crippen molar-refractivity contribution in [2.75, 3.05) is 0 Å². The lowest BCUT2D eigenvalue weighted by Gasteiger charge is -2.17. The minimum atomic E-state index is -1.22. The van der Waals surface area contributed by atoms with Gasteiger partial charge in [-0.25, -0.2) is 14.4 Å². The van der Waals surface area contributed by atoms with Crippen LogP contribution < -0.4 is 5.56 Å². The minimum Gasteiger partial charge on any atom is -0.382 e. The van der Waals surface area contributed by atoms with E-state index < -0.39 is 11.4 Å². The lowest BCUT2D eigenvalue weighted by Crippen LogP contribution is -2.23. The smallest absolute Gasteiger partial charge is 0.274 e. The molecule has 1 unspecified atom stereocenters. The van der Waals surface area contributed by atoms with E-state index in [-0.39, 0.29) is 33.8 Å². The average molecular weight is 530 g/mol. The molecule has 0 radical (unpaired) electrons. The largest absolute Gasteiger partial charge is 0.382 e. The summed E-state index contributed by atoms with van der Waals surface area (Å²) in [7, 11) is 0. The summed E-state index contributed by atoms with van der Waals surface area (Å²) in [6.07, 6.45) is 3.94. The lowest BCUT2D eigenvalue weighted by molar-refractivity contribution is 0.0688. The van der Waals surface area contributed by atoms with Crippen LogP contribution in [-0.4, -0.2) is 24.6 Å². The summed E-state index contributed by atoms with van der Waals surface area (Å²) in [5, 5.41) is 19.6. The third-order valence-corrected chi connectivity index (χ3v) is 7.19. The van der Waals surface area contributed by atoms with E-state index in [0.29, 0.717) is 29.2 Å². The summed E-state index contributed by atoms with van der Waals surface area (Å²) in [6, 6.07) is 11.7. The summed E-state index contributed by atoms with van der Waals surface area (Å²) in [5.74, 6) is -0.238. The van der Waals surface area contributed by atoms with Gasteiger partial charge < -0.3 is 5.11 Å². The molecule has 7 nitrogen and oxygen atoms in total. The van der Waals surface area contributed by atoms with Crippen molar-refractivity contribution in [2.24, 2.45) is 0 Å². The van der Waals surface area contributed by atoms with E-state index >= 15 is 0 Å². The highest BCUT2D eigenvalue weighted by Crippen LogP contribution is 2.56. The van der Waals surface area contributed by atoms with Crippen molar-refractivity contribution in [3.05, 3.63) is 104 Å². The summed E-state index contributed by atoms with van der Waals surface area (Å²) in [4.78, 5) is 26.7. The number of hydrogen-bond donors (Lipinski definition) is 1. The molecule has 1 aliphatic rings. The van der Waals surface area contributed by atoms with Crippen molar-refractivity contribution < 1.29 is 9.50 Å². The molecule has 9 heteroatoms. The Hall–Kier alpha value is -3.93. The van der Waals surface area contributed by atoms with E-state index in [1.165, 1.54) is 12.1 Å². The van der Waals surface area contributed by atoms with Crippen LogP contribution in [0.2, 0.25) is 5.02 Å². The fourth-order valence-electron chi connectivity index (χ4n) is 4.79. The zero-order valence-electron chi connectivity index (χ0n) is 21.3. The van der Waals surface area contributed by atoms with Crippen LogP contribution in [0.4, 0.5) is 4.39 Å². The van der Waals surface area contributed by atoms with E-state index in [9.17, 15) is 19.6 Å². The molecule has 3 aromatic heterocycles. The number of nitrogens with zero attached hydrogens (tertiary/aromatic N) is 5. The summed E-state index contributed by atoms with van der Waals surface area (Å²) in [6.45, 7) is 6.91. The van der Waals surface area contributed by atoms with Gasteiger partial charge in [0.25, 0.3) is 5.56 Å². The Morgan fingerprint density at radius 3 is 2.61 bits per heavy atom. The monoisotopic (exact) mass is 529 g/mol. The van der Waals surface area contributed by atoms with Crippen molar-refractivity contribution >= 4 is 11.6 Å². The molecule has 0 amide bonds. The van der Waals surface area contributed by atoms with Gasteiger partial charge in [-0.1, -0.05) is 11.6 Å². The quantitative estimate of drug-likeness (QED) is 0.367. The first kappa shape index (κ1) is 25.7. The van der Waals surface area contributed by atoms with Crippen LogP contribution in [0.5, 0.6) is 0 Å². The summed E-state index contributed by atoms with van der Waals surface area (Å²) >= 11 is 6.65. The number of pyridine rings is 2. The van der Waals surface area contributed by atoms with Gasteiger partial charge in [-0.05, 0) is 99.0 Å². The van der Waals surface area contributed by atoms with Crippen LogP contribution >= 0.6 is 11.6 Å². The Kier molecular flexibility index (Phi) is 6.38. The van der Waals surface area contributed by atoms with Gasteiger partial charge in [0.15, 0.2) is 5.82 Å². The fourth-order valence-corrected chi connectivity index (χ4v) is 5.07. The number of aromatic nitrogens is 4. The number of benzene rings is 1. The molecule has 1 aliphatic carbocycles. The maximum absolute atomic E-state index is 14.0. The second-order valence-corrected chi connectivity index (χ2v) is 10.6.